The van der Waals surface area contributed by atoms with Gasteiger partial charge in [-0.2, -0.15) is 0 Å². The van der Waals surface area contributed by atoms with E-state index >= 15 is 0 Å². The molecule has 1 unspecified atom stereocenters. The zero-order valence-corrected chi connectivity index (χ0v) is 15.6. The topological polar surface area (TPSA) is 17.1 Å². The minimum absolute atomic E-state index is 0.369. The Labute approximate surface area is 153 Å². The molecule has 0 spiro atoms. The van der Waals surface area contributed by atoms with Gasteiger partial charge in [0.2, 0.25) is 0 Å². The zero-order chi connectivity index (χ0) is 17.6. The summed E-state index contributed by atoms with van der Waals surface area (Å²) in [5.74, 6) is 0.369. The van der Waals surface area contributed by atoms with E-state index < -0.39 is 10.8 Å². The highest BCUT2D eigenvalue weighted by atomic mass is 32.2. The lowest BCUT2D eigenvalue weighted by atomic mass is 9.90. The van der Waals surface area contributed by atoms with Gasteiger partial charge in [-0.05, 0) is 55.0 Å². The standard InChI is InChI=1S/C23H24OS/c1-3-20(17-19-9-5-4-6-10-19)22-11-7-8-12-23(22)25(24)21-15-13-18(2)14-16-21/h4-16,20H,3,17H2,1-2H3/t20-,25?/m0/s1. The molecular weight excluding hydrogens is 324 g/mol. The molecule has 0 radical (unpaired) electrons. The van der Waals surface area contributed by atoms with Crippen LogP contribution < -0.4 is 0 Å². The van der Waals surface area contributed by atoms with E-state index in [1.54, 1.807) is 0 Å². The van der Waals surface area contributed by atoms with E-state index in [4.69, 9.17) is 0 Å². The molecule has 0 aliphatic heterocycles. The molecule has 0 amide bonds. The molecular formula is C23H24OS. The summed E-state index contributed by atoms with van der Waals surface area (Å²) in [4.78, 5) is 1.81. The smallest absolute Gasteiger partial charge is 0.0852 e. The van der Waals surface area contributed by atoms with Crippen molar-refractivity contribution in [2.75, 3.05) is 0 Å². The Hall–Kier alpha value is -2.19. The van der Waals surface area contributed by atoms with E-state index in [0.717, 1.165) is 22.6 Å². The quantitative estimate of drug-likeness (QED) is 0.542. The Bertz CT molecular complexity index is 837. The largest absolute Gasteiger partial charge is 0.249 e. The molecule has 0 saturated carbocycles. The van der Waals surface area contributed by atoms with E-state index in [9.17, 15) is 4.21 Å². The van der Waals surface area contributed by atoms with Gasteiger partial charge in [-0.15, -0.1) is 0 Å². The molecule has 0 N–H and O–H groups in total. The van der Waals surface area contributed by atoms with Crippen molar-refractivity contribution in [1.82, 2.24) is 0 Å². The summed E-state index contributed by atoms with van der Waals surface area (Å²) >= 11 is 0. The van der Waals surface area contributed by atoms with E-state index in [0.29, 0.717) is 5.92 Å². The van der Waals surface area contributed by atoms with Crippen LogP contribution in [-0.2, 0) is 17.2 Å². The van der Waals surface area contributed by atoms with Crippen LogP contribution in [0.4, 0.5) is 0 Å². The maximum Gasteiger partial charge on any atom is 0.0852 e. The normalized spacial score (nSPS) is 13.4. The maximum atomic E-state index is 13.2. The Balaban J connectivity index is 1.94. The first-order valence-corrected chi connectivity index (χ1v) is 9.95. The van der Waals surface area contributed by atoms with E-state index in [2.05, 4.69) is 43.3 Å². The third kappa shape index (κ3) is 4.26. The Kier molecular flexibility index (Phi) is 5.83. The summed E-state index contributed by atoms with van der Waals surface area (Å²) in [5, 5.41) is 0. The van der Waals surface area contributed by atoms with Gasteiger partial charge < -0.3 is 0 Å². The minimum atomic E-state index is -1.15. The lowest BCUT2D eigenvalue weighted by molar-refractivity contribution is 0.642. The first kappa shape index (κ1) is 17.6. The third-order valence-corrected chi connectivity index (χ3v) is 6.08. The van der Waals surface area contributed by atoms with E-state index in [1.807, 2.05) is 49.4 Å². The SMILES string of the molecule is CC[C@@H](Cc1ccccc1)c1ccccc1S(=O)c1ccc(C)cc1. The van der Waals surface area contributed by atoms with Crippen molar-refractivity contribution < 1.29 is 4.21 Å². The van der Waals surface area contributed by atoms with Gasteiger partial charge in [0.1, 0.15) is 0 Å². The van der Waals surface area contributed by atoms with Gasteiger partial charge in [0.25, 0.3) is 0 Å². The molecule has 128 valence electrons. The second kappa shape index (κ2) is 8.26. The highest BCUT2D eigenvalue weighted by Gasteiger charge is 2.18. The lowest BCUT2D eigenvalue weighted by Gasteiger charge is -2.19. The maximum absolute atomic E-state index is 13.2. The number of rotatable bonds is 6. The number of hydrogen-bond donors (Lipinski definition) is 0. The second-order valence-corrected chi connectivity index (χ2v) is 7.86. The molecule has 0 aliphatic rings. The van der Waals surface area contributed by atoms with Crippen molar-refractivity contribution in [2.24, 2.45) is 0 Å². The average molecular weight is 349 g/mol. The molecule has 0 saturated heterocycles. The summed E-state index contributed by atoms with van der Waals surface area (Å²) in [7, 11) is -1.15. The molecule has 2 atom stereocenters. The molecule has 3 rings (SSSR count). The van der Waals surface area contributed by atoms with Gasteiger partial charge in [-0.25, -0.2) is 4.21 Å². The highest BCUT2D eigenvalue weighted by molar-refractivity contribution is 7.85. The lowest BCUT2D eigenvalue weighted by Crippen LogP contribution is -2.07. The number of aryl methyl sites for hydroxylation is 1. The summed E-state index contributed by atoms with van der Waals surface area (Å²) < 4.78 is 13.2. The van der Waals surface area contributed by atoms with Crippen molar-refractivity contribution in [3.05, 3.63) is 95.6 Å². The fraction of sp³-hybridized carbons (Fsp3) is 0.217. The first-order valence-electron chi connectivity index (χ1n) is 8.80. The Morgan fingerprint density at radius 1 is 0.840 bits per heavy atom. The molecule has 0 aliphatic carbocycles. The van der Waals surface area contributed by atoms with Gasteiger partial charge in [0, 0.05) is 9.79 Å². The van der Waals surface area contributed by atoms with Crippen molar-refractivity contribution in [2.45, 2.75) is 42.4 Å². The van der Waals surface area contributed by atoms with Crippen LogP contribution in [0.1, 0.15) is 36.0 Å². The highest BCUT2D eigenvalue weighted by Crippen LogP contribution is 2.31. The fourth-order valence-corrected chi connectivity index (χ4v) is 4.44. The predicted molar refractivity (Wildman–Crippen MR) is 105 cm³/mol. The van der Waals surface area contributed by atoms with Crippen LogP contribution in [0.15, 0.2) is 88.7 Å². The van der Waals surface area contributed by atoms with E-state index in [-0.39, 0.29) is 0 Å². The predicted octanol–water partition coefficient (Wildman–Crippen LogP) is 5.90. The van der Waals surface area contributed by atoms with Gasteiger partial charge >= 0.3 is 0 Å². The molecule has 1 nitrogen and oxygen atoms in total. The van der Waals surface area contributed by atoms with Crippen LogP contribution in [0.25, 0.3) is 0 Å². The van der Waals surface area contributed by atoms with Crippen LogP contribution in [-0.4, -0.2) is 4.21 Å². The van der Waals surface area contributed by atoms with Crippen molar-refractivity contribution in [3.63, 3.8) is 0 Å². The average Bonchev–Trinajstić information content (AvgIpc) is 2.67. The van der Waals surface area contributed by atoms with Crippen LogP contribution in [0.2, 0.25) is 0 Å². The van der Waals surface area contributed by atoms with Crippen molar-refractivity contribution >= 4 is 10.8 Å². The van der Waals surface area contributed by atoms with E-state index in [1.165, 1.54) is 16.7 Å². The molecule has 0 fully saturated rings. The van der Waals surface area contributed by atoms with Gasteiger partial charge in [0.15, 0.2) is 0 Å². The molecule has 0 aromatic heterocycles. The van der Waals surface area contributed by atoms with Crippen molar-refractivity contribution in [3.8, 4) is 0 Å². The Morgan fingerprint density at radius 3 is 2.16 bits per heavy atom. The molecule has 0 bridgehead atoms. The fourth-order valence-electron chi connectivity index (χ4n) is 3.15. The van der Waals surface area contributed by atoms with Crippen LogP contribution >= 0.6 is 0 Å². The summed E-state index contributed by atoms with van der Waals surface area (Å²) in [6.07, 6.45) is 2.00. The summed E-state index contributed by atoms with van der Waals surface area (Å²) in [6.45, 7) is 4.26. The van der Waals surface area contributed by atoms with Crippen LogP contribution in [0, 0.1) is 6.92 Å². The van der Waals surface area contributed by atoms with Gasteiger partial charge in [0.05, 0.1) is 10.8 Å². The first-order chi connectivity index (χ1) is 12.2. The number of benzene rings is 3. The van der Waals surface area contributed by atoms with Gasteiger partial charge in [-0.1, -0.05) is 73.2 Å². The zero-order valence-electron chi connectivity index (χ0n) is 14.8. The molecule has 3 aromatic rings. The van der Waals surface area contributed by atoms with Gasteiger partial charge in [-0.3, -0.25) is 0 Å². The van der Waals surface area contributed by atoms with Crippen LogP contribution in [0.5, 0.6) is 0 Å². The molecule has 25 heavy (non-hydrogen) atoms. The summed E-state index contributed by atoms with van der Waals surface area (Å²) in [5.41, 5.74) is 3.71. The molecule has 3 aromatic carbocycles. The monoisotopic (exact) mass is 348 g/mol. The third-order valence-electron chi connectivity index (χ3n) is 4.61. The molecule has 0 heterocycles. The van der Waals surface area contributed by atoms with Crippen LogP contribution in [0.3, 0.4) is 0 Å². The minimum Gasteiger partial charge on any atom is -0.249 e. The molecule has 2 heteroatoms. The number of hydrogen-bond acceptors (Lipinski definition) is 1. The second-order valence-electron chi connectivity index (χ2n) is 6.41. The Morgan fingerprint density at radius 2 is 1.48 bits per heavy atom. The van der Waals surface area contributed by atoms with Crippen molar-refractivity contribution in [1.29, 1.82) is 0 Å². The summed E-state index contributed by atoms with van der Waals surface area (Å²) in [6, 6.07) is 26.7.